The van der Waals surface area contributed by atoms with Gasteiger partial charge in [-0.1, -0.05) is 0 Å². The first kappa shape index (κ1) is 11.8. The van der Waals surface area contributed by atoms with Crippen LogP contribution in [-0.2, 0) is 4.79 Å². The number of nitrogens with zero attached hydrogens (tertiary/aromatic N) is 1. The molecule has 82 valence electrons. The highest BCUT2D eigenvalue weighted by Crippen LogP contribution is 2.20. The fourth-order valence-electron chi connectivity index (χ4n) is 0.978. The van der Waals surface area contributed by atoms with E-state index in [4.69, 9.17) is 5.11 Å². The molecule has 0 aliphatic heterocycles. The Balaban J connectivity index is 2.70. The number of aliphatic hydroxyl groups is 2. The van der Waals surface area contributed by atoms with Gasteiger partial charge in [0.05, 0.1) is 18.2 Å². The summed E-state index contributed by atoms with van der Waals surface area (Å²) in [7, 11) is 0. The monoisotopic (exact) mass is 231 g/mol. The van der Waals surface area contributed by atoms with Crippen molar-refractivity contribution in [3.8, 4) is 0 Å². The minimum atomic E-state index is -1.43. The second-order valence-corrected chi connectivity index (χ2v) is 3.73. The number of carbonyl (C=O) groups is 2. The van der Waals surface area contributed by atoms with E-state index in [1.807, 2.05) is 0 Å². The van der Waals surface area contributed by atoms with Crippen LogP contribution in [0.4, 0.5) is 0 Å². The summed E-state index contributed by atoms with van der Waals surface area (Å²) in [4.78, 5) is 24.3. The normalized spacial score (nSPS) is 14.5. The van der Waals surface area contributed by atoms with Gasteiger partial charge in [0.2, 0.25) is 0 Å². The molecule has 6 nitrogen and oxygen atoms in total. The van der Waals surface area contributed by atoms with Crippen molar-refractivity contribution in [3.05, 3.63) is 16.1 Å². The lowest BCUT2D eigenvalue weighted by Crippen LogP contribution is -2.22. The Labute approximate surface area is 88.8 Å². The van der Waals surface area contributed by atoms with Gasteiger partial charge in [0.15, 0.2) is 11.3 Å². The SMILES string of the molecule is O=Cc1nc(C(O)C(O)CC(=O)O)cs1. The summed E-state index contributed by atoms with van der Waals surface area (Å²) in [5.41, 5.74) is 0.107. The average molecular weight is 231 g/mol. The summed E-state index contributed by atoms with van der Waals surface area (Å²) < 4.78 is 0. The lowest BCUT2D eigenvalue weighted by Gasteiger charge is -2.13. The van der Waals surface area contributed by atoms with E-state index < -0.39 is 24.6 Å². The molecule has 15 heavy (non-hydrogen) atoms. The number of aldehydes is 1. The van der Waals surface area contributed by atoms with Crippen molar-refractivity contribution in [1.29, 1.82) is 0 Å². The van der Waals surface area contributed by atoms with Crippen LogP contribution >= 0.6 is 11.3 Å². The standard InChI is InChI=1S/C8H9NO5S/c10-2-6-9-4(3-15-6)8(14)5(11)1-7(12)13/h2-3,5,8,11,14H,1H2,(H,12,13). The maximum atomic E-state index is 10.3. The van der Waals surface area contributed by atoms with E-state index in [1.165, 1.54) is 5.38 Å². The maximum absolute atomic E-state index is 10.3. The molecule has 0 spiro atoms. The largest absolute Gasteiger partial charge is 0.481 e. The quantitative estimate of drug-likeness (QED) is 0.607. The Kier molecular flexibility index (Phi) is 3.89. The van der Waals surface area contributed by atoms with Crippen LogP contribution in [0, 0.1) is 0 Å². The molecule has 0 amide bonds. The molecule has 1 aromatic rings. The Hall–Kier alpha value is -1.31. The molecule has 0 radical (unpaired) electrons. The molecular formula is C8H9NO5S. The number of rotatable bonds is 5. The van der Waals surface area contributed by atoms with Crippen molar-refractivity contribution in [2.24, 2.45) is 0 Å². The van der Waals surface area contributed by atoms with E-state index in [9.17, 15) is 19.8 Å². The van der Waals surface area contributed by atoms with Gasteiger partial charge in [-0.15, -0.1) is 11.3 Å². The highest BCUT2D eigenvalue weighted by molar-refractivity contribution is 7.11. The zero-order chi connectivity index (χ0) is 11.4. The highest BCUT2D eigenvalue weighted by Gasteiger charge is 2.23. The predicted molar refractivity (Wildman–Crippen MR) is 50.7 cm³/mol. The van der Waals surface area contributed by atoms with E-state index >= 15 is 0 Å². The molecule has 1 aromatic heterocycles. The number of carboxylic acid groups (broad SMARTS) is 1. The molecule has 1 heterocycles. The molecule has 0 aliphatic carbocycles. The lowest BCUT2D eigenvalue weighted by atomic mass is 10.1. The highest BCUT2D eigenvalue weighted by atomic mass is 32.1. The lowest BCUT2D eigenvalue weighted by molar-refractivity contribution is -0.141. The summed E-state index contributed by atoms with van der Waals surface area (Å²) in [6.07, 6.45) is -2.87. The number of hydrogen-bond donors (Lipinski definition) is 3. The molecule has 1 rings (SSSR count). The molecule has 0 saturated heterocycles. The number of hydrogen-bond acceptors (Lipinski definition) is 6. The molecule has 2 atom stereocenters. The number of carbonyl (C=O) groups excluding carboxylic acids is 1. The number of aliphatic carboxylic acids is 1. The fourth-order valence-corrected chi connectivity index (χ4v) is 1.63. The Bertz CT molecular complexity index is 364. The van der Waals surface area contributed by atoms with E-state index in [0.29, 0.717) is 6.29 Å². The van der Waals surface area contributed by atoms with Crippen LogP contribution in [0.3, 0.4) is 0 Å². The van der Waals surface area contributed by atoms with Crippen molar-refractivity contribution in [2.75, 3.05) is 0 Å². The third kappa shape index (κ3) is 3.08. The average Bonchev–Trinajstić information content (AvgIpc) is 2.63. The van der Waals surface area contributed by atoms with Gasteiger partial charge < -0.3 is 15.3 Å². The van der Waals surface area contributed by atoms with Crippen LogP contribution in [0.5, 0.6) is 0 Å². The number of thiazole rings is 1. The fraction of sp³-hybridized carbons (Fsp3) is 0.375. The van der Waals surface area contributed by atoms with E-state index in [2.05, 4.69) is 4.98 Å². The van der Waals surface area contributed by atoms with Crippen molar-refractivity contribution in [1.82, 2.24) is 4.98 Å². The second-order valence-electron chi connectivity index (χ2n) is 2.84. The van der Waals surface area contributed by atoms with Crippen molar-refractivity contribution in [2.45, 2.75) is 18.6 Å². The van der Waals surface area contributed by atoms with Gasteiger partial charge in [0.25, 0.3) is 0 Å². The summed E-state index contributed by atoms with van der Waals surface area (Å²) in [5, 5.41) is 28.7. The predicted octanol–water partition coefficient (Wildman–Crippen LogP) is -0.175. The van der Waals surface area contributed by atoms with Gasteiger partial charge in [-0.25, -0.2) is 4.98 Å². The van der Waals surface area contributed by atoms with Crippen LogP contribution in [-0.4, -0.2) is 38.7 Å². The molecule has 0 aromatic carbocycles. The second kappa shape index (κ2) is 4.96. The third-order valence-electron chi connectivity index (χ3n) is 1.69. The van der Waals surface area contributed by atoms with Gasteiger partial charge in [-0.2, -0.15) is 0 Å². The Morgan fingerprint density at radius 1 is 1.60 bits per heavy atom. The van der Waals surface area contributed by atoms with Crippen LogP contribution in [0.1, 0.15) is 28.0 Å². The molecule has 0 aliphatic rings. The Morgan fingerprint density at radius 2 is 2.27 bits per heavy atom. The van der Waals surface area contributed by atoms with E-state index in [0.717, 1.165) is 11.3 Å². The van der Waals surface area contributed by atoms with Gasteiger partial charge in [0, 0.05) is 5.38 Å². The van der Waals surface area contributed by atoms with Crippen molar-refractivity contribution < 1.29 is 24.9 Å². The molecule has 7 heteroatoms. The summed E-state index contributed by atoms with van der Waals surface area (Å²) in [6, 6.07) is 0. The van der Waals surface area contributed by atoms with Crippen LogP contribution in [0.25, 0.3) is 0 Å². The first-order chi connectivity index (χ1) is 7.04. The Morgan fingerprint density at radius 3 is 2.73 bits per heavy atom. The van der Waals surface area contributed by atoms with Gasteiger partial charge >= 0.3 is 5.97 Å². The molecule has 0 bridgehead atoms. The summed E-state index contributed by atoms with van der Waals surface area (Å²) >= 11 is 1.02. The smallest absolute Gasteiger partial charge is 0.306 e. The van der Waals surface area contributed by atoms with Crippen LogP contribution < -0.4 is 0 Å². The van der Waals surface area contributed by atoms with E-state index in [1.54, 1.807) is 0 Å². The van der Waals surface area contributed by atoms with Gasteiger partial charge in [-0.3, -0.25) is 9.59 Å². The van der Waals surface area contributed by atoms with Crippen LogP contribution in [0.2, 0.25) is 0 Å². The number of aliphatic hydroxyl groups excluding tert-OH is 2. The van der Waals surface area contributed by atoms with Crippen molar-refractivity contribution in [3.63, 3.8) is 0 Å². The first-order valence-electron chi connectivity index (χ1n) is 4.03. The zero-order valence-corrected chi connectivity index (χ0v) is 8.35. The number of aromatic nitrogens is 1. The summed E-state index contributed by atoms with van der Waals surface area (Å²) in [6.45, 7) is 0. The van der Waals surface area contributed by atoms with Gasteiger partial charge in [0.1, 0.15) is 6.10 Å². The number of carboxylic acids is 1. The van der Waals surface area contributed by atoms with Gasteiger partial charge in [-0.05, 0) is 0 Å². The molecule has 2 unspecified atom stereocenters. The molecule has 0 fully saturated rings. The van der Waals surface area contributed by atoms with Crippen LogP contribution in [0.15, 0.2) is 5.38 Å². The zero-order valence-electron chi connectivity index (χ0n) is 7.53. The molecule has 0 saturated carbocycles. The molecular weight excluding hydrogens is 222 g/mol. The summed E-state index contributed by atoms with van der Waals surface area (Å²) in [5.74, 6) is -1.22. The van der Waals surface area contributed by atoms with Crippen molar-refractivity contribution >= 4 is 23.6 Å². The minimum absolute atomic E-state index is 0.107. The topological polar surface area (TPSA) is 108 Å². The maximum Gasteiger partial charge on any atom is 0.306 e. The first-order valence-corrected chi connectivity index (χ1v) is 4.91. The molecule has 3 N–H and O–H groups in total. The minimum Gasteiger partial charge on any atom is -0.481 e. The van der Waals surface area contributed by atoms with E-state index in [-0.39, 0.29) is 10.7 Å². The third-order valence-corrected chi connectivity index (χ3v) is 2.48.